The Balaban J connectivity index is 1.63. The first kappa shape index (κ1) is 23.5. The van der Waals surface area contributed by atoms with Crippen molar-refractivity contribution in [1.29, 1.82) is 5.26 Å². The van der Waals surface area contributed by atoms with Gasteiger partial charge in [0.2, 0.25) is 11.8 Å². The number of nitriles is 1. The van der Waals surface area contributed by atoms with E-state index < -0.39 is 40.0 Å². The fourth-order valence-corrected chi connectivity index (χ4v) is 7.92. The van der Waals surface area contributed by atoms with E-state index in [1.54, 1.807) is 25.3 Å². The molecule has 2 N–H and O–H groups in total. The van der Waals surface area contributed by atoms with E-state index in [-0.39, 0.29) is 11.8 Å². The highest BCUT2D eigenvalue weighted by Gasteiger charge is 2.89. The highest BCUT2D eigenvalue weighted by molar-refractivity contribution is 5.60. The predicted molar refractivity (Wildman–Crippen MR) is 127 cm³/mol. The molecule has 2 bridgehead atoms. The minimum atomic E-state index is -1.84. The van der Waals surface area contributed by atoms with Crippen LogP contribution in [0, 0.1) is 28.1 Å². The zero-order valence-electron chi connectivity index (χ0n) is 20.9. The van der Waals surface area contributed by atoms with E-state index in [1.165, 1.54) is 14.2 Å². The summed E-state index contributed by atoms with van der Waals surface area (Å²) in [6.45, 7) is 0.353. The van der Waals surface area contributed by atoms with Crippen molar-refractivity contribution >= 4 is 0 Å². The third kappa shape index (κ3) is 2.55. The average Bonchev–Trinajstić information content (AvgIpc) is 3.20. The second kappa shape index (κ2) is 7.56. The Labute approximate surface area is 210 Å². The van der Waals surface area contributed by atoms with Crippen LogP contribution in [-0.4, -0.2) is 66.9 Å². The molecule has 4 saturated carbocycles. The fourth-order valence-electron chi connectivity index (χ4n) is 7.92. The Morgan fingerprint density at radius 1 is 1.17 bits per heavy atom. The minimum Gasteiger partial charge on any atom is -0.482 e. The first-order chi connectivity index (χ1) is 17.2. The van der Waals surface area contributed by atoms with Gasteiger partial charge in [0.25, 0.3) is 0 Å². The summed E-state index contributed by atoms with van der Waals surface area (Å²) in [5, 5.41) is 36.4. The fraction of sp³-hybridized carbons (Fsp3) is 0.556. The molecular formula is C27H31N3O6. The third-order valence-corrected chi connectivity index (χ3v) is 9.24. The lowest BCUT2D eigenvalue weighted by Gasteiger charge is -2.74. The van der Waals surface area contributed by atoms with Gasteiger partial charge in [-0.15, -0.1) is 0 Å². The Morgan fingerprint density at radius 2 is 1.86 bits per heavy atom. The largest absolute Gasteiger partial charge is 0.482 e. The SMILES string of the molecule is COc1cc2c(c(OC)n1)[C@]1(O)[C@H](O)[C@H](CN(C)OC)[C@@H](c3ccccc3)[C@]1(C13CC(C#N)(C1)C3)O2. The van der Waals surface area contributed by atoms with Crippen molar-refractivity contribution in [2.24, 2.45) is 16.7 Å². The number of aromatic nitrogens is 1. The van der Waals surface area contributed by atoms with Crippen LogP contribution in [-0.2, 0) is 10.4 Å². The first-order valence-corrected chi connectivity index (χ1v) is 12.2. The van der Waals surface area contributed by atoms with Gasteiger partial charge in [0, 0.05) is 36.9 Å². The number of rotatable bonds is 7. The van der Waals surface area contributed by atoms with Gasteiger partial charge in [-0.1, -0.05) is 30.3 Å². The molecule has 1 aromatic carbocycles. The number of hydrogen-bond donors (Lipinski definition) is 2. The number of pyridine rings is 1. The van der Waals surface area contributed by atoms with Gasteiger partial charge in [0.05, 0.1) is 44.5 Å². The molecule has 2 aromatic rings. The van der Waals surface area contributed by atoms with Gasteiger partial charge in [-0.25, -0.2) is 0 Å². The number of hydroxylamine groups is 2. The summed E-state index contributed by atoms with van der Waals surface area (Å²) < 4.78 is 18.0. The van der Waals surface area contributed by atoms with Crippen LogP contribution >= 0.6 is 0 Å². The van der Waals surface area contributed by atoms with Gasteiger partial charge in [-0.05, 0) is 24.8 Å². The Kier molecular flexibility index (Phi) is 4.93. The van der Waals surface area contributed by atoms with Gasteiger partial charge < -0.3 is 29.3 Å². The first-order valence-electron chi connectivity index (χ1n) is 12.2. The van der Waals surface area contributed by atoms with Crippen molar-refractivity contribution in [1.82, 2.24) is 10.0 Å². The summed E-state index contributed by atoms with van der Waals surface area (Å²) in [5.41, 5.74) is -2.71. The highest BCUT2D eigenvalue weighted by Crippen LogP contribution is 2.85. The summed E-state index contributed by atoms with van der Waals surface area (Å²) in [6.07, 6.45) is 0.575. The van der Waals surface area contributed by atoms with Crippen LogP contribution in [0.1, 0.15) is 36.3 Å². The summed E-state index contributed by atoms with van der Waals surface area (Å²) in [5.74, 6) is -0.0278. The summed E-state index contributed by atoms with van der Waals surface area (Å²) in [6, 6.07) is 14.0. The Morgan fingerprint density at radius 3 is 2.44 bits per heavy atom. The van der Waals surface area contributed by atoms with Crippen molar-refractivity contribution in [3.63, 3.8) is 0 Å². The maximum atomic E-state index is 12.9. The molecule has 7 rings (SSSR count). The number of aliphatic hydroxyl groups is 2. The quantitative estimate of drug-likeness (QED) is 0.561. The zero-order chi connectivity index (χ0) is 25.5. The van der Waals surface area contributed by atoms with Crippen molar-refractivity contribution in [3.05, 3.63) is 47.5 Å². The molecule has 9 nitrogen and oxygen atoms in total. The van der Waals surface area contributed by atoms with Gasteiger partial charge >= 0.3 is 0 Å². The molecule has 0 amide bonds. The number of fused-ring (bicyclic) bond motifs is 3. The van der Waals surface area contributed by atoms with Gasteiger partial charge in [-0.2, -0.15) is 15.3 Å². The molecule has 0 saturated heterocycles. The van der Waals surface area contributed by atoms with Gasteiger partial charge in [0.15, 0.2) is 11.2 Å². The number of aliphatic hydroxyl groups excluding tert-OH is 1. The number of ether oxygens (including phenoxy) is 3. The maximum absolute atomic E-state index is 12.9. The molecule has 4 fully saturated rings. The third-order valence-electron chi connectivity index (χ3n) is 9.24. The Hall–Kier alpha value is -2.90. The van der Waals surface area contributed by atoms with Gasteiger partial charge in [-0.3, -0.25) is 0 Å². The molecule has 1 aliphatic heterocycles. The summed E-state index contributed by atoms with van der Waals surface area (Å²) >= 11 is 0. The van der Waals surface area contributed by atoms with Crippen LogP contribution in [0.15, 0.2) is 36.4 Å². The van der Waals surface area contributed by atoms with E-state index in [0.717, 1.165) is 5.56 Å². The highest BCUT2D eigenvalue weighted by atomic mass is 16.7. The molecule has 1 aromatic heterocycles. The number of nitrogens with zero attached hydrogens (tertiary/aromatic N) is 3. The van der Waals surface area contributed by atoms with E-state index >= 15 is 0 Å². The standard InChI is InChI=1S/C27H31N3O6/c1-30(35-4)11-17-20(16-8-6-5-7-9-16)27(25-12-24(13-25,14-25)15-28)26(32,22(17)31)21-18(36-27)10-19(33-2)29-23(21)34-3/h5-10,17,20,22,31-32H,11-14H2,1-4H3/t17-,20-,22-,24?,25?,26+,27-/m1/s1. The van der Waals surface area contributed by atoms with E-state index in [2.05, 4.69) is 11.1 Å². The van der Waals surface area contributed by atoms with Crippen molar-refractivity contribution in [2.45, 2.75) is 42.5 Å². The molecule has 190 valence electrons. The lowest BCUT2D eigenvalue weighted by atomic mass is 9.29. The van der Waals surface area contributed by atoms with Crippen molar-refractivity contribution < 1.29 is 29.3 Å². The van der Waals surface area contributed by atoms with Crippen LogP contribution < -0.4 is 14.2 Å². The monoisotopic (exact) mass is 493 g/mol. The van der Waals surface area contributed by atoms with Gasteiger partial charge in [0.1, 0.15) is 5.75 Å². The van der Waals surface area contributed by atoms with E-state index in [4.69, 9.17) is 19.0 Å². The smallest absolute Gasteiger partial charge is 0.226 e. The second-order valence-corrected chi connectivity index (χ2v) is 10.8. The topological polar surface area (TPSA) is 117 Å². The van der Waals surface area contributed by atoms with E-state index in [9.17, 15) is 15.5 Å². The van der Waals surface area contributed by atoms with Crippen LogP contribution in [0.2, 0.25) is 0 Å². The van der Waals surface area contributed by atoms with Crippen LogP contribution in [0.25, 0.3) is 0 Å². The molecule has 5 atom stereocenters. The zero-order valence-corrected chi connectivity index (χ0v) is 20.9. The van der Waals surface area contributed by atoms with Crippen molar-refractivity contribution in [3.8, 4) is 23.6 Å². The molecule has 0 spiro atoms. The molecule has 9 heteroatoms. The number of methoxy groups -OCH3 is 2. The van der Waals surface area contributed by atoms with Crippen LogP contribution in [0.5, 0.6) is 17.5 Å². The maximum Gasteiger partial charge on any atom is 0.226 e. The molecule has 4 aliphatic carbocycles. The molecule has 0 unspecified atom stereocenters. The van der Waals surface area contributed by atoms with Crippen LogP contribution in [0.3, 0.4) is 0 Å². The average molecular weight is 494 g/mol. The second-order valence-electron chi connectivity index (χ2n) is 10.8. The molecule has 36 heavy (non-hydrogen) atoms. The minimum absolute atomic E-state index is 0.155. The summed E-state index contributed by atoms with van der Waals surface area (Å²) in [7, 11) is 6.36. The lowest BCUT2D eigenvalue weighted by molar-refractivity contribution is -0.311. The molecular weight excluding hydrogens is 462 g/mol. The lowest BCUT2D eigenvalue weighted by Crippen LogP contribution is -2.77. The van der Waals surface area contributed by atoms with E-state index in [0.29, 0.717) is 37.1 Å². The van der Waals surface area contributed by atoms with E-state index in [1.807, 2.05) is 30.3 Å². The molecule has 0 radical (unpaired) electrons. The predicted octanol–water partition coefficient (Wildman–Crippen LogP) is 2.38. The molecule has 5 aliphatic rings. The van der Waals surface area contributed by atoms with Crippen molar-refractivity contribution in [2.75, 3.05) is 34.9 Å². The number of hydrogen-bond acceptors (Lipinski definition) is 9. The Bertz CT molecular complexity index is 1230. The molecule has 2 heterocycles. The van der Waals surface area contributed by atoms with Crippen LogP contribution in [0.4, 0.5) is 0 Å². The number of benzene rings is 1. The summed E-state index contributed by atoms with van der Waals surface area (Å²) in [4.78, 5) is 9.89. The normalized spacial score (nSPS) is 39.3.